The zero-order valence-electron chi connectivity index (χ0n) is 9.94. The normalized spacial score (nSPS) is 33.2. The Morgan fingerprint density at radius 1 is 1.36 bits per heavy atom. The molecule has 1 aliphatic rings. The number of nitrogens with one attached hydrogen (secondary N) is 1. The van der Waals surface area contributed by atoms with Crippen LogP contribution in [0.4, 0.5) is 0 Å². The van der Waals surface area contributed by atoms with Gasteiger partial charge >= 0.3 is 0 Å². The highest BCUT2D eigenvalue weighted by Gasteiger charge is 2.34. The summed E-state index contributed by atoms with van der Waals surface area (Å²) in [6.07, 6.45) is 5.98. The van der Waals surface area contributed by atoms with Crippen LogP contribution in [0.3, 0.4) is 0 Å². The van der Waals surface area contributed by atoms with Gasteiger partial charge in [0.15, 0.2) is 0 Å². The largest absolute Gasteiger partial charge is 0.375 e. The van der Waals surface area contributed by atoms with Crippen molar-refractivity contribution in [3.8, 4) is 0 Å². The number of rotatable bonds is 5. The molecule has 0 spiro atoms. The van der Waals surface area contributed by atoms with Gasteiger partial charge in [0.05, 0.1) is 5.60 Å². The van der Waals surface area contributed by atoms with E-state index in [0.29, 0.717) is 6.04 Å². The zero-order chi connectivity index (χ0) is 10.4. The average Bonchev–Trinajstić information content (AvgIpc) is 2.19. The summed E-state index contributed by atoms with van der Waals surface area (Å²) >= 11 is 0. The fraction of sp³-hybridized carbons (Fsp3) is 1.00. The lowest BCUT2D eigenvalue weighted by Gasteiger charge is -2.40. The molecule has 1 aliphatic heterocycles. The van der Waals surface area contributed by atoms with Crippen LogP contribution in [0.15, 0.2) is 0 Å². The molecule has 1 heterocycles. The quantitative estimate of drug-likeness (QED) is 0.735. The fourth-order valence-corrected chi connectivity index (χ4v) is 2.54. The van der Waals surface area contributed by atoms with Crippen molar-refractivity contribution >= 4 is 0 Å². The Labute approximate surface area is 88.4 Å². The van der Waals surface area contributed by atoms with Crippen molar-refractivity contribution in [2.45, 2.75) is 64.5 Å². The van der Waals surface area contributed by atoms with E-state index in [-0.39, 0.29) is 5.60 Å². The van der Waals surface area contributed by atoms with Crippen LogP contribution in [0.1, 0.15) is 52.9 Å². The molecular weight excluding hydrogens is 174 g/mol. The fourth-order valence-electron chi connectivity index (χ4n) is 2.54. The zero-order valence-corrected chi connectivity index (χ0v) is 9.94. The predicted molar refractivity (Wildman–Crippen MR) is 60.6 cm³/mol. The van der Waals surface area contributed by atoms with Gasteiger partial charge in [0.25, 0.3) is 0 Å². The Kier molecular flexibility index (Phi) is 4.90. The maximum Gasteiger partial charge on any atom is 0.0694 e. The Hall–Kier alpha value is -0.0800. The number of ether oxygens (including phenoxy) is 1. The third-order valence-corrected chi connectivity index (χ3v) is 3.34. The second-order valence-electron chi connectivity index (χ2n) is 4.38. The van der Waals surface area contributed by atoms with Crippen LogP contribution in [0.5, 0.6) is 0 Å². The maximum absolute atomic E-state index is 5.99. The molecular formula is C12H25NO. The van der Waals surface area contributed by atoms with Crippen LogP contribution < -0.4 is 5.32 Å². The standard InChI is InChI=1S/C12H25NO/c1-4-8-12(5-2)10-11(13-6-3)7-9-14-12/h11,13H,4-10H2,1-3H3. The molecule has 2 nitrogen and oxygen atoms in total. The summed E-state index contributed by atoms with van der Waals surface area (Å²) in [6, 6.07) is 0.681. The second-order valence-corrected chi connectivity index (χ2v) is 4.38. The molecule has 1 fully saturated rings. The van der Waals surface area contributed by atoms with Gasteiger partial charge in [0.2, 0.25) is 0 Å². The molecule has 1 rings (SSSR count). The minimum atomic E-state index is 0.180. The van der Waals surface area contributed by atoms with Crippen molar-refractivity contribution in [1.29, 1.82) is 0 Å². The molecule has 0 amide bonds. The molecule has 2 unspecified atom stereocenters. The molecule has 0 saturated carbocycles. The minimum absolute atomic E-state index is 0.180. The van der Waals surface area contributed by atoms with E-state index < -0.39 is 0 Å². The summed E-state index contributed by atoms with van der Waals surface area (Å²) in [4.78, 5) is 0. The van der Waals surface area contributed by atoms with E-state index in [1.165, 1.54) is 25.7 Å². The Bertz CT molecular complexity index is 154. The van der Waals surface area contributed by atoms with Gasteiger partial charge in [-0.1, -0.05) is 27.2 Å². The van der Waals surface area contributed by atoms with Gasteiger partial charge in [0, 0.05) is 12.6 Å². The highest BCUT2D eigenvalue weighted by molar-refractivity contribution is 4.88. The Balaban J connectivity index is 2.49. The average molecular weight is 199 g/mol. The SMILES string of the molecule is CCCC1(CC)CC(NCC)CCO1. The summed E-state index contributed by atoms with van der Waals surface area (Å²) in [6.45, 7) is 8.70. The first-order valence-corrected chi connectivity index (χ1v) is 6.13. The van der Waals surface area contributed by atoms with E-state index in [1.54, 1.807) is 0 Å². The van der Waals surface area contributed by atoms with Crippen molar-refractivity contribution in [2.75, 3.05) is 13.2 Å². The molecule has 2 atom stereocenters. The van der Waals surface area contributed by atoms with E-state index in [0.717, 1.165) is 19.6 Å². The Morgan fingerprint density at radius 3 is 2.71 bits per heavy atom. The molecule has 1 N–H and O–H groups in total. The molecule has 0 aromatic heterocycles. The first-order valence-electron chi connectivity index (χ1n) is 6.13. The van der Waals surface area contributed by atoms with Gasteiger partial charge in [-0.3, -0.25) is 0 Å². The van der Waals surface area contributed by atoms with Gasteiger partial charge in [-0.2, -0.15) is 0 Å². The lowest BCUT2D eigenvalue weighted by atomic mass is 9.84. The van der Waals surface area contributed by atoms with Gasteiger partial charge in [-0.25, -0.2) is 0 Å². The number of hydrogen-bond acceptors (Lipinski definition) is 2. The highest BCUT2D eigenvalue weighted by Crippen LogP contribution is 2.32. The molecule has 0 aromatic carbocycles. The first kappa shape index (κ1) is 12.0. The van der Waals surface area contributed by atoms with Crippen LogP contribution in [-0.4, -0.2) is 24.8 Å². The third-order valence-electron chi connectivity index (χ3n) is 3.34. The van der Waals surface area contributed by atoms with Gasteiger partial charge in [0.1, 0.15) is 0 Å². The molecule has 0 bridgehead atoms. The lowest BCUT2D eigenvalue weighted by molar-refractivity contribution is -0.0959. The highest BCUT2D eigenvalue weighted by atomic mass is 16.5. The maximum atomic E-state index is 5.99. The van der Waals surface area contributed by atoms with Gasteiger partial charge < -0.3 is 10.1 Å². The summed E-state index contributed by atoms with van der Waals surface area (Å²) in [5.41, 5.74) is 0.180. The molecule has 0 aromatic rings. The van der Waals surface area contributed by atoms with Crippen LogP contribution in [0.25, 0.3) is 0 Å². The minimum Gasteiger partial charge on any atom is -0.375 e. The van der Waals surface area contributed by atoms with Crippen molar-refractivity contribution < 1.29 is 4.74 Å². The molecule has 0 radical (unpaired) electrons. The topological polar surface area (TPSA) is 21.3 Å². The molecule has 84 valence electrons. The summed E-state index contributed by atoms with van der Waals surface area (Å²) in [5.74, 6) is 0. The van der Waals surface area contributed by atoms with Crippen LogP contribution in [-0.2, 0) is 4.74 Å². The monoisotopic (exact) mass is 199 g/mol. The Morgan fingerprint density at radius 2 is 2.14 bits per heavy atom. The van der Waals surface area contributed by atoms with E-state index in [9.17, 15) is 0 Å². The molecule has 2 heteroatoms. The van der Waals surface area contributed by atoms with E-state index >= 15 is 0 Å². The number of hydrogen-bond donors (Lipinski definition) is 1. The first-order chi connectivity index (χ1) is 6.76. The smallest absolute Gasteiger partial charge is 0.0694 e. The molecule has 1 saturated heterocycles. The third kappa shape index (κ3) is 2.96. The molecule has 0 aliphatic carbocycles. The summed E-state index contributed by atoms with van der Waals surface area (Å²) < 4.78 is 5.99. The lowest BCUT2D eigenvalue weighted by Crippen LogP contribution is -2.46. The van der Waals surface area contributed by atoms with Crippen molar-refractivity contribution in [3.05, 3.63) is 0 Å². The van der Waals surface area contributed by atoms with E-state index in [2.05, 4.69) is 26.1 Å². The van der Waals surface area contributed by atoms with Gasteiger partial charge in [-0.15, -0.1) is 0 Å². The molecule has 14 heavy (non-hydrogen) atoms. The summed E-state index contributed by atoms with van der Waals surface area (Å²) in [7, 11) is 0. The predicted octanol–water partition coefficient (Wildman–Crippen LogP) is 2.72. The van der Waals surface area contributed by atoms with Gasteiger partial charge in [-0.05, 0) is 32.2 Å². The van der Waals surface area contributed by atoms with Crippen LogP contribution >= 0.6 is 0 Å². The van der Waals surface area contributed by atoms with Crippen molar-refractivity contribution in [3.63, 3.8) is 0 Å². The van der Waals surface area contributed by atoms with E-state index in [1.807, 2.05) is 0 Å². The van der Waals surface area contributed by atoms with Crippen molar-refractivity contribution in [1.82, 2.24) is 5.32 Å². The van der Waals surface area contributed by atoms with Crippen molar-refractivity contribution in [2.24, 2.45) is 0 Å². The second kappa shape index (κ2) is 5.72. The van der Waals surface area contributed by atoms with E-state index in [4.69, 9.17) is 4.74 Å². The summed E-state index contributed by atoms with van der Waals surface area (Å²) in [5, 5.41) is 3.55. The van der Waals surface area contributed by atoms with Crippen LogP contribution in [0, 0.1) is 0 Å². The van der Waals surface area contributed by atoms with Crippen LogP contribution in [0.2, 0.25) is 0 Å².